The first-order valence-electron chi connectivity index (χ1n) is 17.8. The lowest BCUT2D eigenvalue weighted by molar-refractivity contribution is 0.590. The summed E-state index contributed by atoms with van der Waals surface area (Å²) < 4.78 is 13.0. The van der Waals surface area contributed by atoms with Crippen molar-refractivity contribution in [2.75, 3.05) is 0 Å². The molecule has 0 saturated heterocycles. The summed E-state index contributed by atoms with van der Waals surface area (Å²) in [7, 11) is 0. The van der Waals surface area contributed by atoms with Crippen LogP contribution in [-0.2, 0) is 12.8 Å². The predicted molar refractivity (Wildman–Crippen MR) is 223 cm³/mol. The Kier molecular flexibility index (Phi) is 9.50. The van der Waals surface area contributed by atoms with E-state index in [9.17, 15) is 0 Å². The second-order valence-corrected chi connectivity index (χ2v) is 13.0. The Morgan fingerprint density at radius 2 is 1.32 bits per heavy atom. The molecule has 0 spiro atoms. The monoisotopic (exact) mass is 686 g/mol. The second-order valence-electron chi connectivity index (χ2n) is 13.0. The molecule has 7 aromatic rings. The van der Waals surface area contributed by atoms with E-state index < -0.39 is 0 Å². The third-order valence-corrected chi connectivity index (χ3v) is 9.52. The maximum Gasteiger partial charge on any atom is 0.178 e. The largest absolute Gasteiger partial charge is 0.452 e. The molecule has 4 heteroatoms. The van der Waals surface area contributed by atoms with E-state index >= 15 is 0 Å². The van der Waals surface area contributed by atoms with Crippen molar-refractivity contribution in [2.45, 2.75) is 12.8 Å². The highest BCUT2D eigenvalue weighted by Crippen LogP contribution is 2.40. The number of rotatable bonds is 8. The fourth-order valence-corrected chi connectivity index (χ4v) is 6.76. The van der Waals surface area contributed by atoms with Gasteiger partial charge in [-0.1, -0.05) is 152 Å². The molecule has 8 rings (SSSR count). The summed E-state index contributed by atoms with van der Waals surface area (Å²) in [6.07, 6.45) is 23.9. The molecule has 0 atom stereocenters. The lowest BCUT2D eigenvalue weighted by Crippen LogP contribution is -2.00. The van der Waals surface area contributed by atoms with Gasteiger partial charge in [-0.3, -0.25) is 4.99 Å². The van der Waals surface area contributed by atoms with Crippen LogP contribution in [0.4, 0.5) is 0 Å². The standard InChI is InChI=1S/C49H38N2O2/c1-51-45(37-19-8-3-9-20-37)30-25-35-16-13-21-38(32-35)39-26-31-47-43(33-39)42-28-27-41-40-22-12-11-18-36(44(50)29-24-34-14-5-2-6-15-34)17-7-4-10-23-46(40)52-48(41)49(42)53-47/h2-23,26-33H,1,24-25,50H2/b7-4?,10-4?,12-11?,17-7?,18-11?,22-12?,23-10?,36-17?,36-18?,40-22?,44-29-,45-30-,46-23?. The normalized spacial score (nSPS) is 13.6. The molecule has 0 saturated carbocycles. The molecule has 0 fully saturated rings. The molecule has 0 unspecified atom stereocenters. The van der Waals surface area contributed by atoms with Crippen molar-refractivity contribution in [1.29, 1.82) is 0 Å². The van der Waals surface area contributed by atoms with Crippen LogP contribution < -0.4 is 5.73 Å². The molecule has 0 radical (unpaired) electrons. The quantitative estimate of drug-likeness (QED) is 0.162. The van der Waals surface area contributed by atoms with Crippen molar-refractivity contribution < 1.29 is 8.83 Å². The third-order valence-electron chi connectivity index (χ3n) is 9.52. The van der Waals surface area contributed by atoms with Gasteiger partial charge in [-0.2, -0.15) is 0 Å². The molecule has 0 aliphatic heterocycles. The van der Waals surface area contributed by atoms with Crippen LogP contribution in [0.25, 0.3) is 61.9 Å². The fourth-order valence-electron chi connectivity index (χ4n) is 6.76. The Labute approximate surface area is 309 Å². The van der Waals surface area contributed by atoms with E-state index in [4.69, 9.17) is 14.6 Å². The molecular formula is C49H38N2O2. The Bertz CT molecular complexity index is 2680. The van der Waals surface area contributed by atoms with E-state index in [0.717, 1.165) is 90.7 Å². The molecule has 2 N–H and O–H groups in total. The number of hydrogen-bond acceptors (Lipinski definition) is 4. The van der Waals surface area contributed by atoms with E-state index in [1.807, 2.05) is 85.0 Å². The van der Waals surface area contributed by atoms with E-state index in [2.05, 4.69) is 109 Å². The number of benzene rings is 5. The first-order chi connectivity index (χ1) is 26.1. The number of nitrogens with two attached hydrogens (primary N) is 1. The van der Waals surface area contributed by atoms with Gasteiger partial charge in [0.15, 0.2) is 11.2 Å². The van der Waals surface area contributed by atoms with E-state index in [1.54, 1.807) is 0 Å². The van der Waals surface area contributed by atoms with Gasteiger partial charge in [0, 0.05) is 27.4 Å². The van der Waals surface area contributed by atoms with Crippen LogP contribution in [0.3, 0.4) is 0 Å². The van der Waals surface area contributed by atoms with Crippen LogP contribution in [0, 0.1) is 0 Å². The van der Waals surface area contributed by atoms with Gasteiger partial charge in [0.2, 0.25) is 0 Å². The van der Waals surface area contributed by atoms with Crippen molar-refractivity contribution >= 4 is 57.5 Å². The molecule has 0 amide bonds. The minimum Gasteiger partial charge on any atom is -0.452 e. The van der Waals surface area contributed by atoms with Crippen LogP contribution >= 0.6 is 0 Å². The molecule has 1 aliphatic rings. The third kappa shape index (κ3) is 7.17. The van der Waals surface area contributed by atoms with Gasteiger partial charge in [0.1, 0.15) is 11.3 Å². The van der Waals surface area contributed by atoms with E-state index in [-0.39, 0.29) is 0 Å². The number of nitrogens with zero attached hydrogens (tertiary/aromatic N) is 1. The van der Waals surface area contributed by atoms with Crippen molar-refractivity contribution in [3.63, 3.8) is 0 Å². The first kappa shape index (κ1) is 33.2. The smallest absolute Gasteiger partial charge is 0.178 e. The molecule has 53 heavy (non-hydrogen) atoms. The number of furan rings is 2. The molecule has 256 valence electrons. The molecule has 0 bridgehead atoms. The SMILES string of the molecule is C=N/C(=C\Cc1cccc(-c2ccc3oc4c(ccc5c6c(oc54)C=CC=CC=C(/C(N)=C/Cc4ccccc4)C=CC=C6)c3c2)c1)c1ccccc1. The Hall–Kier alpha value is -6.91. The van der Waals surface area contributed by atoms with Crippen LogP contribution in [0.2, 0.25) is 0 Å². The molecule has 1 aliphatic carbocycles. The number of aliphatic imine (C=N–C) groups is 1. The summed E-state index contributed by atoms with van der Waals surface area (Å²) in [5.41, 5.74) is 18.1. The van der Waals surface area contributed by atoms with Crippen LogP contribution in [0.5, 0.6) is 0 Å². The maximum absolute atomic E-state index is 6.54. The fraction of sp³-hybridized carbons (Fsp3) is 0.0408. The summed E-state index contributed by atoms with van der Waals surface area (Å²) in [5, 5.41) is 3.05. The van der Waals surface area contributed by atoms with Gasteiger partial charge in [-0.15, -0.1) is 0 Å². The highest BCUT2D eigenvalue weighted by atomic mass is 16.4. The van der Waals surface area contributed by atoms with Gasteiger partial charge in [0.05, 0.1) is 5.70 Å². The topological polar surface area (TPSA) is 64.7 Å². The lowest BCUT2D eigenvalue weighted by Gasteiger charge is -2.06. The first-order valence-corrected chi connectivity index (χ1v) is 17.8. The molecule has 2 aromatic heterocycles. The summed E-state index contributed by atoms with van der Waals surface area (Å²) in [5.74, 6) is 0.767. The van der Waals surface area contributed by atoms with E-state index in [1.165, 1.54) is 11.1 Å². The molecule has 5 aromatic carbocycles. The minimum atomic E-state index is 0.730. The second kappa shape index (κ2) is 15.1. The summed E-state index contributed by atoms with van der Waals surface area (Å²) >= 11 is 0. The maximum atomic E-state index is 6.54. The molecular weight excluding hydrogens is 649 g/mol. The Morgan fingerprint density at radius 1 is 0.604 bits per heavy atom. The number of hydrogen-bond donors (Lipinski definition) is 1. The Balaban J connectivity index is 1.09. The summed E-state index contributed by atoms with van der Waals surface area (Å²) in [6, 6.07) is 39.8. The van der Waals surface area contributed by atoms with Gasteiger partial charge < -0.3 is 14.6 Å². The zero-order valence-corrected chi connectivity index (χ0v) is 29.3. The summed E-state index contributed by atoms with van der Waals surface area (Å²) in [6.45, 7) is 3.79. The predicted octanol–water partition coefficient (Wildman–Crippen LogP) is 12.4. The molecule has 4 nitrogen and oxygen atoms in total. The summed E-state index contributed by atoms with van der Waals surface area (Å²) in [4.78, 5) is 4.27. The average molecular weight is 687 g/mol. The Morgan fingerprint density at radius 3 is 2.17 bits per heavy atom. The van der Waals surface area contributed by atoms with Crippen LogP contribution in [0.1, 0.15) is 28.0 Å². The zero-order valence-electron chi connectivity index (χ0n) is 29.3. The molecule has 2 heterocycles. The average Bonchev–Trinajstić information content (AvgIpc) is 3.75. The zero-order chi connectivity index (χ0) is 36.0. The van der Waals surface area contributed by atoms with E-state index in [0.29, 0.717) is 0 Å². The number of allylic oxidation sites excluding steroid dienone is 9. The van der Waals surface area contributed by atoms with Crippen molar-refractivity contribution in [3.05, 3.63) is 209 Å². The van der Waals surface area contributed by atoms with Crippen molar-refractivity contribution in [1.82, 2.24) is 0 Å². The van der Waals surface area contributed by atoms with Crippen LogP contribution in [0.15, 0.2) is 195 Å². The van der Waals surface area contributed by atoms with Crippen LogP contribution in [-0.4, -0.2) is 6.72 Å². The van der Waals surface area contributed by atoms with Gasteiger partial charge in [-0.25, -0.2) is 0 Å². The van der Waals surface area contributed by atoms with Gasteiger partial charge in [0.25, 0.3) is 0 Å². The highest BCUT2D eigenvalue weighted by molar-refractivity contribution is 6.15. The van der Waals surface area contributed by atoms with Crippen molar-refractivity contribution in [3.8, 4) is 11.1 Å². The van der Waals surface area contributed by atoms with Gasteiger partial charge >= 0.3 is 0 Å². The number of fused-ring (bicyclic) bond motifs is 7. The minimum absolute atomic E-state index is 0.730. The highest BCUT2D eigenvalue weighted by Gasteiger charge is 2.18. The van der Waals surface area contributed by atoms with Crippen molar-refractivity contribution in [2.24, 2.45) is 10.7 Å². The lowest BCUT2D eigenvalue weighted by atomic mass is 9.99. The van der Waals surface area contributed by atoms with Gasteiger partial charge in [-0.05, 0) is 83.3 Å².